The number of hydrogen-bond acceptors (Lipinski definition) is 5. The Balaban J connectivity index is 2.01. The van der Waals surface area contributed by atoms with Crippen molar-refractivity contribution in [1.82, 2.24) is 10.1 Å². The van der Waals surface area contributed by atoms with E-state index in [0.29, 0.717) is 30.4 Å². The highest BCUT2D eigenvalue weighted by molar-refractivity contribution is 5.94. The predicted molar refractivity (Wildman–Crippen MR) is 64.6 cm³/mol. The molecule has 100 valence electrons. The van der Waals surface area contributed by atoms with Gasteiger partial charge in [0.1, 0.15) is 5.82 Å². The lowest BCUT2D eigenvalue weighted by molar-refractivity contribution is 0.0697. The van der Waals surface area contributed by atoms with E-state index >= 15 is 0 Å². The Morgan fingerprint density at radius 2 is 2.32 bits per heavy atom. The molecule has 0 spiro atoms. The van der Waals surface area contributed by atoms with Gasteiger partial charge in [-0.05, 0) is 18.2 Å². The van der Waals surface area contributed by atoms with Gasteiger partial charge >= 0.3 is 5.97 Å². The summed E-state index contributed by atoms with van der Waals surface area (Å²) in [6.07, 6.45) is 0.480. The summed E-state index contributed by atoms with van der Waals surface area (Å²) < 4.78 is 17.8. The Hall–Kier alpha value is -2.44. The molecule has 1 heterocycles. The molecule has 19 heavy (non-hydrogen) atoms. The number of benzene rings is 1. The third-order valence-electron chi connectivity index (χ3n) is 2.45. The number of nitrogens with one attached hydrogen (secondary N) is 1. The largest absolute Gasteiger partial charge is 0.478 e. The van der Waals surface area contributed by atoms with Gasteiger partial charge in [-0.3, -0.25) is 0 Å². The van der Waals surface area contributed by atoms with E-state index in [9.17, 15) is 9.18 Å². The highest BCUT2D eigenvalue weighted by Crippen LogP contribution is 2.17. The number of carboxylic acid groups (broad SMARTS) is 1. The first-order valence-electron chi connectivity index (χ1n) is 5.62. The normalized spacial score (nSPS) is 10.4. The van der Waals surface area contributed by atoms with Gasteiger partial charge in [-0.2, -0.15) is 4.98 Å². The van der Waals surface area contributed by atoms with Crippen molar-refractivity contribution in [3.63, 3.8) is 0 Å². The van der Waals surface area contributed by atoms with E-state index in [1.54, 1.807) is 6.92 Å². The molecule has 0 unspecified atom stereocenters. The van der Waals surface area contributed by atoms with Gasteiger partial charge in [0, 0.05) is 25.6 Å². The second-order valence-electron chi connectivity index (χ2n) is 3.90. The summed E-state index contributed by atoms with van der Waals surface area (Å²) in [7, 11) is 0. The van der Waals surface area contributed by atoms with Crippen molar-refractivity contribution in [1.29, 1.82) is 0 Å². The zero-order valence-corrected chi connectivity index (χ0v) is 10.2. The number of anilines is 1. The van der Waals surface area contributed by atoms with Crippen LogP contribution in [0.2, 0.25) is 0 Å². The Kier molecular flexibility index (Phi) is 3.74. The molecule has 0 aliphatic carbocycles. The lowest BCUT2D eigenvalue weighted by Crippen LogP contribution is -2.10. The lowest BCUT2D eigenvalue weighted by atomic mass is 10.1. The van der Waals surface area contributed by atoms with Crippen molar-refractivity contribution in [2.24, 2.45) is 0 Å². The summed E-state index contributed by atoms with van der Waals surface area (Å²) in [5.74, 6) is -0.763. The molecule has 2 aromatic rings. The predicted octanol–water partition coefficient (Wildman–Crippen LogP) is 1.87. The number of nitrogens with zero attached hydrogens (tertiary/aromatic N) is 2. The molecule has 2 N–H and O–H groups in total. The van der Waals surface area contributed by atoms with E-state index in [2.05, 4.69) is 15.5 Å². The number of aromatic nitrogens is 2. The smallest absolute Gasteiger partial charge is 0.337 e. The van der Waals surface area contributed by atoms with Crippen LogP contribution >= 0.6 is 0 Å². The highest BCUT2D eigenvalue weighted by atomic mass is 19.1. The van der Waals surface area contributed by atoms with Crippen molar-refractivity contribution in [3.05, 3.63) is 41.3 Å². The number of carboxylic acids is 1. The van der Waals surface area contributed by atoms with Crippen LogP contribution in [0.4, 0.5) is 10.1 Å². The van der Waals surface area contributed by atoms with E-state index in [4.69, 9.17) is 9.63 Å². The van der Waals surface area contributed by atoms with Gasteiger partial charge in [0.2, 0.25) is 5.89 Å². The molecule has 0 atom stereocenters. The molecule has 1 aromatic carbocycles. The van der Waals surface area contributed by atoms with E-state index in [0.717, 1.165) is 6.07 Å². The zero-order valence-electron chi connectivity index (χ0n) is 10.2. The number of halogens is 1. The maximum Gasteiger partial charge on any atom is 0.337 e. The summed E-state index contributed by atoms with van der Waals surface area (Å²) in [6, 6.07) is 3.57. The summed E-state index contributed by atoms with van der Waals surface area (Å²) in [6.45, 7) is 2.11. The molecule has 0 bridgehead atoms. The van der Waals surface area contributed by atoms with Crippen molar-refractivity contribution in [3.8, 4) is 0 Å². The minimum Gasteiger partial charge on any atom is -0.478 e. The maximum atomic E-state index is 13.0. The Morgan fingerprint density at radius 1 is 1.53 bits per heavy atom. The second-order valence-corrected chi connectivity index (χ2v) is 3.90. The van der Waals surface area contributed by atoms with Gasteiger partial charge < -0.3 is 14.9 Å². The third-order valence-corrected chi connectivity index (χ3v) is 2.45. The van der Waals surface area contributed by atoms with Gasteiger partial charge in [0.15, 0.2) is 5.82 Å². The molecule has 0 aliphatic rings. The van der Waals surface area contributed by atoms with E-state index in [1.807, 2.05) is 0 Å². The van der Waals surface area contributed by atoms with Gasteiger partial charge in [-0.15, -0.1) is 0 Å². The summed E-state index contributed by atoms with van der Waals surface area (Å²) in [5, 5.41) is 15.6. The van der Waals surface area contributed by atoms with E-state index in [-0.39, 0.29) is 5.56 Å². The Morgan fingerprint density at radius 3 is 2.95 bits per heavy atom. The van der Waals surface area contributed by atoms with Crippen molar-refractivity contribution in [2.75, 3.05) is 11.9 Å². The van der Waals surface area contributed by atoms with Crippen LogP contribution in [0, 0.1) is 12.7 Å². The monoisotopic (exact) mass is 265 g/mol. The van der Waals surface area contributed by atoms with Crippen molar-refractivity contribution in [2.45, 2.75) is 13.3 Å². The quantitative estimate of drug-likeness (QED) is 0.858. The van der Waals surface area contributed by atoms with Gasteiger partial charge in [-0.1, -0.05) is 5.16 Å². The SMILES string of the molecule is Cc1nc(CCNc2ccc(F)cc2C(=O)O)no1. The second kappa shape index (κ2) is 5.47. The van der Waals surface area contributed by atoms with Gasteiger partial charge in [0.25, 0.3) is 0 Å². The van der Waals surface area contributed by atoms with Crippen LogP contribution < -0.4 is 5.32 Å². The first-order chi connectivity index (χ1) is 9.06. The third kappa shape index (κ3) is 3.27. The molecule has 2 rings (SSSR count). The molecule has 0 radical (unpaired) electrons. The summed E-state index contributed by atoms with van der Waals surface area (Å²) in [5.41, 5.74) is 0.249. The molecular formula is C12H12FN3O3. The van der Waals surface area contributed by atoms with E-state index in [1.165, 1.54) is 12.1 Å². The molecule has 7 heteroatoms. The number of rotatable bonds is 5. The average molecular weight is 265 g/mol. The topological polar surface area (TPSA) is 88.2 Å². The molecule has 0 aliphatic heterocycles. The summed E-state index contributed by atoms with van der Waals surface area (Å²) >= 11 is 0. The van der Waals surface area contributed by atoms with Gasteiger partial charge in [0.05, 0.1) is 5.56 Å². The van der Waals surface area contributed by atoms with Crippen LogP contribution in [0.5, 0.6) is 0 Å². The minimum atomic E-state index is -1.18. The van der Waals surface area contributed by atoms with Gasteiger partial charge in [-0.25, -0.2) is 9.18 Å². The van der Waals surface area contributed by atoms with Crippen molar-refractivity contribution >= 4 is 11.7 Å². The standard InChI is InChI=1S/C12H12FN3O3/c1-7-15-11(16-19-7)4-5-14-10-3-2-8(13)6-9(10)12(17)18/h2-3,6,14H,4-5H2,1H3,(H,17,18). The van der Waals surface area contributed by atoms with Crippen LogP contribution in [0.3, 0.4) is 0 Å². The summed E-state index contributed by atoms with van der Waals surface area (Å²) in [4.78, 5) is 15.0. The minimum absolute atomic E-state index is 0.107. The van der Waals surface area contributed by atoms with Crippen LogP contribution in [0.1, 0.15) is 22.1 Å². The molecule has 0 saturated carbocycles. The lowest BCUT2D eigenvalue weighted by Gasteiger charge is -2.08. The molecule has 0 fully saturated rings. The average Bonchev–Trinajstić information content (AvgIpc) is 2.77. The first kappa shape index (κ1) is 13.0. The van der Waals surface area contributed by atoms with Crippen LogP contribution in [-0.4, -0.2) is 27.8 Å². The number of hydrogen-bond donors (Lipinski definition) is 2. The van der Waals surface area contributed by atoms with Crippen LogP contribution in [0.25, 0.3) is 0 Å². The Labute approximate surface area is 108 Å². The van der Waals surface area contributed by atoms with Crippen LogP contribution in [0.15, 0.2) is 22.7 Å². The van der Waals surface area contributed by atoms with E-state index < -0.39 is 11.8 Å². The zero-order chi connectivity index (χ0) is 13.8. The number of carbonyl (C=O) groups is 1. The molecular weight excluding hydrogens is 253 g/mol. The number of aromatic carboxylic acids is 1. The fourth-order valence-electron chi connectivity index (χ4n) is 1.60. The fraction of sp³-hybridized carbons (Fsp3) is 0.250. The fourth-order valence-corrected chi connectivity index (χ4v) is 1.60. The van der Waals surface area contributed by atoms with Crippen LogP contribution in [-0.2, 0) is 6.42 Å². The Bertz CT molecular complexity index is 598. The maximum absolute atomic E-state index is 13.0. The highest BCUT2D eigenvalue weighted by Gasteiger charge is 2.11. The number of aryl methyl sites for hydroxylation is 1. The molecule has 0 saturated heterocycles. The molecule has 0 amide bonds. The molecule has 6 nitrogen and oxygen atoms in total. The van der Waals surface area contributed by atoms with Crippen molar-refractivity contribution < 1.29 is 18.8 Å². The first-order valence-corrected chi connectivity index (χ1v) is 5.62. The molecule has 1 aromatic heterocycles.